The number of benzene rings is 1. The Morgan fingerprint density at radius 3 is 2.11 bits per heavy atom. The molecule has 0 saturated carbocycles. The van der Waals surface area contributed by atoms with Crippen LogP contribution in [0.2, 0.25) is 0 Å². The van der Waals surface area contributed by atoms with Gasteiger partial charge in [-0.3, -0.25) is 4.79 Å². The second-order valence-corrected chi connectivity index (χ2v) is 4.31. The molecule has 6 heteroatoms. The lowest BCUT2D eigenvalue weighted by Crippen LogP contribution is -1.97. The summed E-state index contributed by atoms with van der Waals surface area (Å²) in [6, 6.07) is 3.50. The third kappa shape index (κ3) is 2.19. The summed E-state index contributed by atoms with van der Waals surface area (Å²) in [5.74, 6) is 1.78. The normalized spacial score (nSPS) is 10.2. The number of aromatic amines is 1. The SMILES string of the molecule is COc1cc(OC)c(-c2csc(=O)[nH]2)cc1OC. The van der Waals surface area contributed by atoms with E-state index < -0.39 is 0 Å². The molecule has 1 N–H and O–H groups in total. The van der Waals surface area contributed by atoms with Crippen LogP contribution in [-0.2, 0) is 0 Å². The smallest absolute Gasteiger partial charge is 0.304 e. The molecule has 0 aliphatic heterocycles. The highest BCUT2D eigenvalue weighted by atomic mass is 32.1. The Bertz CT molecular complexity index is 602. The van der Waals surface area contributed by atoms with E-state index in [1.165, 1.54) is 0 Å². The Morgan fingerprint density at radius 2 is 1.61 bits per heavy atom. The number of thiazole rings is 1. The second kappa shape index (κ2) is 5.14. The average Bonchev–Trinajstić information content (AvgIpc) is 2.83. The summed E-state index contributed by atoms with van der Waals surface area (Å²) in [7, 11) is 4.68. The van der Waals surface area contributed by atoms with Crippen molar-refractivity contribution in [2.45, 2.75) is 0 Å². The first-order valence-corrected chi connectivity index (χ1v) is 6.05. The number of aromatic nitrogens is 1. The minimum atomic E-state index is -0.109. The molecule has 0 radical (unpaired) electrons. The fraction of sp³-hybridized carbons (Fsp3) is 0.250. The Kier molecular flexibility index (Phi) is 3.57. The van der Waals surface area contributed by atoms with Gasteiger partial charge in [0.25, 0.3) is 0 Å². The van der Waals surface area contributed by atoms with E-state index >= 15 is 0 Å². The molecule has 0 saturated heterocycles. The summed E-state index contributed by atoms with van der Waals surface area (Å²) in [4.78, 5) is 13.8. The van der Waals surface area contributed by atoms with E-state index in [0.717, 1.165) is 16.9 Å². The maximum Gasteiger partial charge on any atom is 0.304 e. The standard InChI is InChI=1S/C12H13NO4S/c1-15-9-5-11(17-3)10(16-2)4-7(9)8-6-18-12(14)13-8/h4-6H,1-3H3,(H,13,14). The quantitative estimate of drug-likeness (QED) is 0.921. The van der Waals surface area contributed by atoms with Crippen molar-refractivity contribution in [3.05, 3.63) is 27.2 Å². The van der Waals surface area contributed by atoms with Crippen molar-refractivity contribution in [3.8, 4) is 28.5 Å². The molecule has 5 nitrogen and oxygen atoms in total. The van der Waals surface area contributed by atoms with E-state index in [1.54, 1.807) is 38.8 Å². The molecule has 1 heterocycles. The first kappa shape index (κ1) is 12.5. The van der Waals surface area contributed by atoms with E-state index in [9.17, 15) is 4.79 Å². The van der Waals surface area contributed by atoms with Crippen LogP contribution < -0.4 is 19.1 Å². The highest BCUT2D eigenvalue weighted by molar-refractivity contribution is 7.07. The first-order chi connectivity index (χ1) is 8.69. The predicted molar refractivity (Wildman–Crippen MR) is 70.0 cm³/mol. The zero-order valence-corrected chi connectivity index (χ0v) is 11.1. The number of hydrogen-bond donors (Lipinski definition) is 1. The topological polar surface area (TPSA) is 60.5 Å². The van der Waals surface area contributed by atoms with Crippen molar-refractivity contribution in [2.75, 3.05) is 21.3 Å². The third-order valence-electron chi connectivity index (χ3n) is 2.52. The van der Waals surface area contributed by atoms with E-state index in [2.05, 4.69) is 4.98 Å². The minimum Gasteiger partial charge on any atom is -0.496 e. The third-order valence-corrected chi connectivity index (χ3v) is 3.19. The fourth-order valence-corrected chi connectivity index (χ4v) is 2.23. The zero-order chi connectivity index (χ0) is 13.1. The summed E-state index contributed by atoms with van der Waals surface area (Å²) in [5.41, 5.74) is 1.45. The predicted octanol–water partition coefficient (Wildman–Crippen LogP) is 2.13. The number of nitrogens with one attached hydrogen (secondary N) is 1. The highest BCUT2D eigenvalue weighted by Crippen LogP contribution is 2.39. The molecular formula is C12H13NO4S. The number of H-pyrrole nitrogens is 1. The Balaban J connectivity index is 2.62. The van der Waals surface area contributed by atoms with E-state index in [-0.39, 0.29) is 4.87 Å². The lowest BCUT2D eigenvalue weighted by atomic mass is 10.1. The molecule has 0 amide bonds. The van der Waals surface area contributed by atoms with Gasteiger partial charge in [-0.1, -0.05) is 11.3 Å². The molecule has 96 valence electrons. The molecule has 0 spiro atoms. The summed E-state index contributed by atoms with van der Waals surface area (Å²) in [6.07, 6.45) is 0. The number of methoxy groups -OCH3 is 3. The highest BCUT2D eigenvalue weighted by Gasteiger charge is 2.14. The van der Waals surface area contributed by atoms with Gasteiger partial charge >= 0.3 is 4.87 Å². The van der Waals surface area contributed by atoms with Gasteiger partial charge in [0, 0.05) is 17.0 Å². The molecule has 2 aromatic rings. The van der Waals surface area contributed by atoms with Gasteiger partial charge in [-0.2, -0.15) is 0 Å². The van der Waals surface area contributed by atoms with Crippen LogP contribution in [0.1, 0.15) is 0 Å². The van der Waals surface area contributed by atoms with Gasteiger partial charge in [0.05, 0.1) is 27.0 Å². The number of rotatable bonds is 4. The Labute approximate surface area is 108 Å². The largest absolute Gasteiger partial charge is 0.496 e. The van der Waals surface area contributed by atoms with Gasteiger partial charge in [-0.15, -0.1) is 0 Å². The van der Waals surface area contributed by atoms with Crippen LogP contribution in [0.15, 0.2) is 22.3 Å². The molecule has 0 aliphatic carbocycles. The van der Waals surface area contributed by atoms with E-state index in [4.69, 9.17) is 14.2 Å². The van der Waals surface area contributed by atoms with Crippen LogP contribution in [0.3, 0.4) is 0 Å². The summed E-state index contributed by atoms with van der Waals surface area (Å²) in [5, 5.41) is 1.74. The molecule has 0 unspecified atom stereocenters. The molecule has 0 bridgehead atoms. The summed E-state index contributed by atoms with van der Waals surface area (Å²) >= 11 is 1.10. The van der Waals surface area contributed by atoms with Crippen molar-refractivity contribution < 1.29 is 14.2 Å². The van der Waals surface area contributed by atoms with Crippen molar-refractivity contribution >= 4 is 11.3 Å². The van der Waals surface area contributed by atoms with Crippen molar-refractivity contribution in [1.29, 1.82) is 0 Å². The molecule has 18 heavy (non-hydrogen) atoms. The van der Waals surface area contributed by atoms with Crippen LogP contribution in [0, 0.1) is 0 Å². The van der Waals surface area contributed by atoms with Crippen molar-refractivity contribution in [3.63, 3.8) is 0 Å². The molecule has 0 fully saturated rings. The minimum absolute atomic E-state index is 0.109. The van der Waals surface area contributed by atoms with E-state index in [1.807, 2.05) is 0 Å². The fourth-order valence-electron chi connectivity index (χ4n) is 1.65. The van der Waals surface area contributed by atoms with Crippen LogP contribution in [0.25, 0.3) is 11.3 Å². The summed E-state index contributed by atoms with van der Waals surface area (Å²) < 4.78 is 15.7. The molecular weight excluding hydrogens is 254 g/mol. The number of ether oxygens (including phenoxy) is 3. The Morgan fingerprint density at radius 1 is 1.00 bits per heavy atom. The molecule has 1 aromatic heterocycles. The average molecular weight is 267 g/mol. The maximum atomic E-state index is 11.2. The van der Waals surface area contributed by atoms with Gasteiger partial charge in [-0.25, -0.2) is 0 Å². The second-order valence-electron chi connectivity index (χ2n) is 3.47. The van der Waals surface area contributed by atoms with Crippen LogP contribution in [0.4, 0.5) is 0 Å². The molecule has 0 atom stereocenters. The van der Waals surface area contributed by atoms with Crippen LogP contribution in [0.5, 0.6) is 17.2 Å². The lowest BCUT2D eigenvalue weighted by molar-refractivity contribution is 0.349. The molecule has 2 rings (SSSR count). The van der Waals surface area contributed by atoms with Crippen LogP contribution >= 0.6 is 11.3 Å². The van der Waals surface area contributed by atoms with Gasteiger partial charge in [0.1, 0.15) is 5.75 Å². The van der Waals surface area contributed by atoms with Gasteiger partial charge < -0.3 is 19.2 Å². The molecule has 0 aliphatic rings. The zero-order valence-electron chi connectivity index (χ0n) is 10.3. The van der Waals surface area contributed by atoms with Crippen molar-refractivity contribution in [2.24, 2.45) is 0 Å². The maximum absolute atomic E-state index is 11.2. The molecule has 1 aromatic carbocycles. The van der Waals surface area contributed by atoms with E-state index in [0.29, 0.717) is 22.9 Å². The first-order valence-electron chi connectivity index (χ1n) is 5.17. The monoisotopic (exact) mass is 267 g/mol. The number of hydrogen-bond acceptors (Lipinski definition) is 5. The van der Waals surface area contributed by atoms with Gasteiger partial charge in [0.2, 0.25) is 0 Å². The summed E-state index contributed by atoms with van der Waals surface area (Å²) in [6.45, 7) is 0. The van der Waals surface area contributed by atoms with Gasteiger partial charge in [-0.05, 0) is 6.07 Å². The lowest BCUT2D eigenvalue weighted by Gasteiger charge is -2.13. The van der Waals surface area contributed by atoms with Gasteiger partial charge in [0.15, 0.2) is 11.5 Å². The van der Waals surface area contributed by atoms with Crippen molar-refractivity contribution in [1.82, 2.24) is 4.98 Å². The van der Waals surface area contributed by atoms with Crippen LogP contribution in [-0.4, -0.2) is 26.3 Å². The Hall–Kier alpha value is -1.95.